The Bertz CT molecular complexity index is 773. The number of fused-ring (bicyclic) bond motifs is 2. The third-order valence-electron chi connectivity index (χ3n) is 3.85. The molecule has 0 aromatic heterocycles. The molecule has 1 heterocycles. The van der Waals surface area contributed by atoms with E-state index in [0.717, 1.165) is 11.8 Å². The Balaban J connectivity index is 2.13. The summed E-state index contributed by atoms with van der Waals surface area (Å²) in [6.07, 6.45) is -1.66. The number of hydrogen-bond acceptors (Lipinski definition) is 5. The summed E-state index contributed by atoms with van der Waals surface area (Å²) >= 11 is 0. The lowest BCUT2D eigenvalue weighted by Gasteiger charge is -2.32. The van der Waals surface area contributed by atoms with Crippen molar-refractivity contribution in [3.63, 3.8) is 0 Å². The number of carboxylic acid groups (broad SMARTS) is 1. The Kier molecular flexibility index (Phi) is 3.35. The highest BCUT2D eigenvalue weighted by Crippen LogP contribution is 2.39. The molecule has 2 atom stereocenters. The number of carbonyl (C=O) groups is 2. The summed E-state index contributed by atoms with van der Waals surface area (Å²) in [5, 5.41) is 19.3. The molecule has 7 heteroatoms. The Morgan fingerprint density at radius 3 is 2.61 bits per heavy atom. The first kappa shape index (κ1) is 15.4. The van der Waals surface area contributed by atoms with E-state index in [9.17, 15) is 19.8 Å². The van der Waals surface area contributed by atoms with Gasteiger partial charge in [-0.2, -0.15) is 0 Å². The van der Waals surface area contributed by atoms with Crippen molar-refractivity contribution in [1.82, 2.24) is 4.48 Å². The van der Waals surface area contributed by atoms with E-state index in [1.165, 1.54) is 0 Å². The number of quaternary nitrogens is 1. The number of ether oxygens (including phenoxy) is 1. The molecule has 2 aliphatic rings. The lowest BCUT2D eigenvalue weighted by Crippen LogP contribution is -2.49. The van der Waals surface area contributed by atoms with Crippen molar-refractivity contribution in [2.75, 3.05) is 21.1 Å². The maximum atomic E-state index is 11.8. The second-order valence-corrected chi connectivity index (χ2v) is 6.41. The molecule has 120 valence electrons. The van der Waals surface area contributed by atoms with Gasteiger partial charge in [-0.25, -0.2) is 9.79 Å². The molecule has 7 nitrogen and oxygen atoms in total. The average Bonchev–Trinajstić information content (AvgIpc) is 2.47. The Labute approximate surface area is 132 Å². The number of carboxylic acids is 1. The summed E-state index contributed by atoms with van der Waals surface area (Å²) in [7, 11) is 5.97. The topological polar surface area (TPSA) is 96.2 Å². The fourth-order valence-electron chi connectivity index (χ4n) is 2.54. The van der Waals surface area contributed by atoms with Gasteiger partial charge >= 0.3 is 5.97 Å². The molecular formula is C16H17N2O5+. The van der Waals surface area contributed by atoms with Crippen LogP contribution in [0.5, 0.6) is 5.75 Å². The van der Waals surface area contributed by atoms with Crippen LogP contribution in [0.25, 0.3) is 0 Å². The summed E-state index contributed by atoms with van der Waals surface area (Å²) in [4.78, 5) is 27.4. The number of benzene rings is 1. The summed E-state index contributed by atoms with van der Waals surface area (Å²) in [5.41, 5.74) is 1.25. The largest absolute Gasteiger partial charge is 0.478 e. The molecule has 0 saturated carbocycles. The summed E-state index contributed by atoms with van der Waals surface area (Å²) < 4.78 is 6.27. The molecular weight excluding hydrogens is 300 g/mol. The van der Waals surface area contributed by atoms with Crippen molar-refractivity contribution >= 4 is 28.8 Å². The van der Waals surface area contributed by atoms with Crippen LogP contribution in [0.15, 0.2) is 34.8 Å². The maximum absolute atomic E-state index is 11.8. The van der Waals surface area contributed by atoms with E-state index in [2.05, 4.69) is 4.99 Å². The third-order valence-corrected chi connectivity index (χ3v) is 3.85. The normalized spacial score (nSPS) is 23.2. The third kappa shape index (κ3) is 2.54. The zero-order valence-corrected chi connectivity index (χ0v) is 13.0. The van der Waals surface area contributed by atoms with Crippen molar-refractivity contribution in [2.45, 2.75) is 12.2 Å². The van der Waals surface area contributed by atoms with E-state index in [4.69, 9.17) is 4.74 Å². The number of carbonyl (C=O) groups excluding carboxylic acids is 1. The molecule has 1 aromatic carbocycles. The highest BCUT2D eigenvalue weighted by molar-refractivity contribution is 6.28. The van der Waals surface area contributed by atoms with E-state index >= 15 is 0 Å². The second kappa shape index (κ2) is 5.00. The predicted octanol–water partition coefficient (Wildman–Crippen LogP) is 0.671. The smallest absolute Gasteiger partial charge is 0.337 e. The molecule has 2 unspecified atom stereocenters. The molecule has 1 aliphatic heterocycles. The molecule has 0 amide bonds. The highest BCUT2D eigenvalue weighted by atomic mass is 16.5. The first-order valence-electron chi connectivity index (χ1n) is 7.07. The van der Waals surface area contributed by atoms with Crippen LogP contribution in [0, 0.1) is 0 Å². The van der Waals surface area contributed by atoms with Crippen LogP contribution in [0.4, 0.5) is 11.4 Å². The lowest BCUT2D eigenvalue weighted by molar-refractivity contribution is -0.133. The van der Waals surface area contributed by atoms with Gasteiger partial charge in [0.05, 0.1) is 32.4 Å². The molecule has 0 fully saturated rings. The van der Waals surface area contributed by atoms with E-state index in [1.54, 1.807) is 12.1 Å². The van der Waals surface area contributed by atoms with Crippen molar-refractivity contribution in [2.24, 2.45) is 4.99 Å². The molecule has 0 spiro atoms. The number of aliphatic carboxylic acids is 1. The molecule has 23 heavy (non-hydrogen) atoms. The number of nitrogens with zero attached hydrogens (tertiary/aromatic N) is 2. The number of hydrogen-bond donors (Lipinski definition) is 2. The molecule has 1 aliphatic carbocycles. The van der Waals surface area contributed by atoms with Gasteiger partial charge in [-0.1, -0.05) is 0 Å². The zero-order chi connectivity index (χ0) is 16.9. The van der Waals surface area contributed by atoms with Crippen LogP contribution in [0.3, 0.4) is 0 Å². The summed E-state index contributed by atoms with van der Waals surface area (Å²) in [5.74, 6) is -1.55. The predicted molar refractivity (Wildman–Crippen MR) is 84.3 cm³/mol. The lowest BCUT2D eigenvalue weighted by atomic mass is 9.90. The van der Waals surface area contributed by atoms with Crippen LogP contribution in [0.1, 0.15) is 0 Å². The number of aliphatic hydroxyl groups excluding tert-OH is 1. The van der Waals surface area contributed by atoms with Gasteiger partial charge in [0.25, 0.3) is 0 Å². The standard InChI is InChI=1S/C16H16N2O5/c1-18(2,3)8-4-5-10-12(6-8)23-15-13(17-10)9(16(21)22)7-11(19)14(15)20/h4-7,14-15,20H,1-3H3/p+1. The second-order valence-electron chi connectivity index (χ2n) is 6.41. The minimum absolute atomic E-state index is 0.0649. The Morgan fingerprint density at radius 2 is 2.00 bits per heavy atom. The average molecular weight is 317 g/mol. The van der Waals surface area contributed by atoms with Gasteiger partial charge < -0.3 is 14.9 Å². The van der Waals surface area contributed by atoms with Crippen LogP contribution in [0.2, 0.25) is 0 Å². The molecule has 3 rings (SSSR count). The number of ketones is 1. The van der Waals surface area contributed by atoms with Gasteiger partial charge in [0.15, 0.2) is 23.7 Å². The molecule has 2 N–H and O–H groups in total. The number of aliphatic hydroxyl groups is 1. The fraction of sp³-hybridized carbons (Fsp3) is 0.312. The maximum Gasteiger partial charge on any atom is 0.337 e. The molecule has 0 bridgehead atoms. The van der Waals surface area contributed by atoms with Crippen LogP contribution in [-0.2, 0) is 9.59 Å². The fourth-order valence-corrected chi connectivity index (χ4v) is 2.54. The number of aliphatic imine (C=N–C) groups is 1. The van der Waals surface area contributed by atoms with Crippen molar-refractivity contribution in [3.8, 4) is 5.75 Å². The van der Waals surface area contributed by atoms with Gasteiger partial charge in [0.1, 0.15) is 11.4 Å². The van der Waals surface area contributed by atoms with Crippen LogP contribution < -0.4 is 9.22 Å². The van der Waals surface area contributed by atoms with Crippen LogP contribution >= 0.6 is 0 Å². The molecule has 0 radical (unpaired) electrons. The van der Waals surface area contributed by atoms with Gasteiger partial charge in [-0.05, 0) is 6.07 Å². The van der Waals surface area contributed by atoms with Gasteiger partial charge in [-0.3, -0.25) is 9.28 Å². The van der Waals surface area contributed by atoms with Gasteiger partial charge in [0, 0.05) is 18.2 Å². The highest BCUT2D eigenvalue weighted by Gasteiger charge is 2.42. The molecule has 1 aromatic rings. The first-order valence-corrected chi connectivity index (χ1v) is 7.07. The van der Waals surface area contributed by atoms with Gasteiger partial charge in [0.2, 0.25) is 0 Å². The van der Waals surface area contributed by atoms with E-state index in [-0.39, 0.29) is 11.3 Å². The SMILES string of the molecule is C[N+](C)(C)c1ccc2c(c1)OC1C(=N2)C(C(=O)O)=CC(=O)C1O. The summed E-state index contributed by atoms with van der Waals surface area (Å²) in [6, 6.07) is 5.40. The van der Waals surface area contributed by atoms with E-state index in [1.807, 2.05) is 27.2 Å². The van der Waals surface area contributed by atoms with Crippen molar-refractivity contribution < 1.29 is 24.5 Å². The van der Waals surface area contributed by atoms with E-state index in [0.29, 0.717) is 15.9 Å². The molecule has 0 saturated heterocycles. The minimum Gasteiger partial charge on any atom is -0.478 e. The van der Waals surface area contributed by atoms with Crippen molar-refractivity contribution in [1.29, 1.82) is 0 Å². The Morgan fingerprint density at radius 1 is 1.30 bits per heavy atom. The zero-order valence-electron chi connectivity index (χ0n) is 13.0. The van der Waals surface area contributed by atoms with Crippen molar-refractivity contribution in [3.05, 3.63) is 29.8 Å². The number of rotatable bonds is 2. The van der Waals surface area contributed by atoms with E-state index < -0.39 is 24.0 Å². The monoisotopic (exact) mass is 317 g/mol. The summed E-state index contributed by atoms with van der Waals surface area (Å²) in [6.45, 7) is 0. The Hall–Kier alpha value is -2.51. The van der Waals surface area contributed by atoms with Gasteiger partial charge in [-0.15, -0.1) is 0 Å². The quantitative estimate of drug-likeness (QED) is 0.782. The minimum atomic E-state index is -1.46. The first-order chi connectivity index (χ1) is 10.7. The van der Waals surface area contributed by atoms with Crippen LogP contribution in [-0.4, -0.2) is 61.0 Å².